The first kappa shape index (κ1) is 17.4. The number of amides is 1. The molecule has 0 radical (unpaired) electrons. The van der Waals surface area contributed by atoms with Crippen LogP contribution in [-0.2, 0) is 4.74 Å². The number of benzene rings is 3. The smallest absolute Gasteiger partial charge is 0.411 e. The standard InChI is InChI=1S/C23H19NO2S/c1-16-12-14-17(15-13-16)20-21(26-23(25)24-20)22(18-8-4-2-5-9-18)27-19-10-6-3-7-11-19/h2-15,20H,1H3,(H,24,25)/b22-21+. The van der Waals surface area contributed by atoms with Crippen molar-refractivity contribution in [1.29, 1.82) is 0 Å². The van der Waals surface area contributed by atoms with Gasteiger partial charge in [-0.1, -0.05) is 90.1 Å². The van der Waals surface area contributed by atoms with Gasteiger partial charge in [-0.05, 0) is 30.2 Å². The monoisotopic (exact) mass is 373 g/mol. The van der Waals surface area contributed by atoms with Crippen molar-refractivity contribution in [1.82, 2.24) is 5.32 Å². The van der Waals surface area contributed by atoms with E-state index >= 15 is 0 Å². The topological polar surface area (TPSA) is 38.3 Å². The van der Waals surface area contributed by atoms with Gasteiger partial charge in [0.15, 0.2) is 5.76 Å². The lowest BCUT2D eigenvalue weighted by Crippen LogP contribution is -2.18. The normalized spacial score (nSPS) is 18.0. The predicted octanol–water partition coefficient (Wildman–Crippen LogP) is 5.94. The van der Waals surface area contributed by atoms with Crippen LogP contribution >= 0.6 is 11.8 Å². The van der Waals surface area contributed by atoms with Crippen molar-refractivity contribution in [3.05, 3.63) is 107 Å². The Hall–Kier alpha value is -2.98. The molecule has 1 atom stereocenters. The Morgan fingerprint density at radius 2 is 1.52 bits per heavy atom. The molecule has 1 N–H and O–H groups in total. The van der Waals surface area contributed by atoms with E-state index in [2.05, 4.69) is 17.4 Å². The number of hydrogen-bond acceptors (Lipinski definition) is 3. The lowest BCUT2D eigenvalue weighted by Gasteiger charge is -2.16. The molecule has 1 unspecified atom stereocenters. The van der Waals surface area contributed by atoms with Gasteiger partial charge in [-0.3, -0.25) is 0 Å². The van der Waals surface area contributed by atoms with Gasteiger partial charge in [-0.15, -0.1) is 0 Å². The quantitative estimate of drug-likeness (QED) is 0.575. The van der Waals surface area contributed by atoms with E-state index in [1.165, 1.54) is 5.56 Å². The predicted molar refractivity (Wildman–Crippen MR) is 109 cm³/mol. The first-order valence-electron chi connectivity index (χ1n) is 8.78. The van der Waals surface area contributed by atoms with Gasteiger partial charge < -0.3 is 10.1 Å². The summed E-state index contributed by atoms with van der Waals surface area (Å²) in [6.45, 7) is 2.05. The number of thioether (sulfide) groups is 1. The SMILES string of the molecule is Cc1ccc(C2NC(=O)O/C2=C(/Sc2ccccc2)c2ccccc2)cc1. The number of carbonyl (C=O) groups excluding carboxylic acids is 1. The van der Waals surface area contributed by atoms with Gasteiger partial charge in [0.2, 0.25) is 0 Å². The van der Waals surface area contributed by atoms with Crippen molar-refractivity contribution in [2.24, 2.45) is 0 Å². The molecule has 4 heteroatoms. The summed E-state index contributed by atoms with van der Waals surface area (Å²) in [6, 6.07) is 28.0. The first-order chi connectivity index (χ1) is 13.2. The van der Waals surface area contributed by atoms with E-state index in [-0.39, 0.29) is 6.04 Å². The summed E-state index contributed by atoms with van der Waals surface area (Å²) in [5, 5.41) is 2.94. The van der Waals surface area contributed by atoms with Crippen LogP contribution in [-0.4, -0.2) is 6.09 Å². The fraction of sp³-hybridized carbons (Fsp3) is 0.0870. The molecule has 1 aliphatic heterocycles. The second kappa shape index (κ2) is 7.72. The van der Waals surface area contributed by atoms with Gasteiger partial charge in [0, 0.05) is 4.90 Å². The number of carbonyl (C=O) groups is 1. The molecule has 1 fully saturated rings. The summed E-state index contributed by atoms with van der Waals surface area (Å²) in [5.74, 6) is 0.643. The Balaban J connectivity index is 1.83. The third-order valence-electron chi connectivity index (χ3n) is 4.36. The van der Waals surface area contributed by atoms with Crippen molar-refractivity contribution in [3.8, 4) is 0 Å². The van der Waals surface area contributed by atoms with E-state index in [0.717, 1.165) is 20.9 Å². The molecule has 3 nitrogen and oxygen atoms in total. The molecule has 3 aromatic carbocycles. The van der Waals surface area contributed by atoms with Crippen LogP contribution in [0, 0.1) is 6.92 Å². The van der Waals surface area contributed by atoms with Crippen LogP contribution in [0.5, 0.6) is 0 Å². The maximum atomic E-state index is 12.1. The Labute approximate surface area is 163 Å². The minimum atomic E-state index is -0.419. The third kappa shape index (κ3) is 3.91. The minimum absolute atomic E-state index is 0.301. The van der Waals surface area contributed by atoms with Crippen molar-refractivity contribution in [2.45, 2.75) is 17.9 Å². The van der Waals surface area contributed by atoms with E-state index in [0.29, 0.717) is 5.76 Å². The van der Waals surface area contributed by atoms with E-state index in [1.54, 1.807) is 11.8 Å². The molecule has 134 valence electrons. The Morgan fingerprint density at radius 3 is 2.19 bits per heavy atom. The first-order valence-corrected chi connectivity index (χ1v) is 9.60. The van der Waals surface area contributed by atoms with Crippen LogP contribution < -0.4 is 5.32 Å². The van der Waals surface area contributed by atoms with Gasteiger partial charge in [0.1, 0.15) is 6.04 Å². The summed E-state index contributed by atoms with van der Waals surface area (Å²) in [7, 11) is 0. The fourth-order valence-corrected chi connectivity index (χ4v) is 4.03. The van der Waals surface area contributed by atoms with Crippen molar-refractivity contribution in [2.75, 3.05) is 0 Å². The highest BCUT2D eigenvalue weighted by Gasteiger charge is 2.33. The molecule has 3 aromatic rings. The van der Waals surface area contributed by atoms with Gasteiger partial charge in [0.25, 0.3) is 0 Å². The molecule has 1 amide bonds. The Morgan fingerprint density at radius 1 is 0.889 bits per heavy atom. The molecular weight excluding hydrogens is 354 g/mol. The molecule has 1 aliphatic rings. The zero-order valence-electron chi connectivity index (χ0n) is 14.9. The molecule has 0 bridgehead atoms. The lowest BCUT2D eigenvalue weighted by atomic mass is 10.0. The number of aryl methyl sites for hydroxylation is 1. The summed E-state index contributed by atoms with van der Waals surface area (Å²) in [5.41, 5.74) is 3.20. The molecule has 0 saturated carbocycles. The second-order valence-electron chi connectivity index (χ2n) is 6.35. The number of alkyl carbamates (subject to hydrolysis) is 1. The zero-order chi connectivity index (χ0) is 18.6. The molecule has 4 rings (SSSR count). The molecule has 0 spiro atoms. The van der Waals surface area contributed by atoms with Crippen LogP contribution in [0.25, 0.3) is 4.91 Å². The second-order valence-corrected chi connectivity index (χ2v) is 7.44. The molecule has 27 heavy (non-hydrogen) atoms. The summed E-state index contributed by atoms with van der Waals surface area (Å²) in [6.07, 6.45) is -0.419. The zero-order valence-corrected chi connectivity index (χ0v) is 15.7. The summed E-state index contributed by atoms with van der Waals surface area (Å²) >= 11 is 1.61. The molecule has 0 aliphatic carbocycles. The fourth-order valence-electron chi connectivity index (χ4n) is 2.99. The van der Waals surface area contributed by atoms with Crippen LogP contribution in [0.4, 0.5) is 4.79 Å². The average molecular weight is 373 g/mol. The highest BCUT2D eigenvalue weighted by atomic mass is 32.2. The van der Waals surface area contributed by atoms with E-state index < -0.39 is 6.09 Å². The van der Waals surface area contributed by atoms with E-state index in [9.17, 15) is 4.79 Å². The number of ether oxygens (including phenoxy) is 1. The molecule has 0 aromatic heterocycles. The highest BCUT2D eigenvalue weighted by Crippen LogP contribution is 2.42. The molecule has 1 saturated heterocycles. The summed E-state index contributed by atoms with van der Waals surface area (Å²) < 4.78 is 5.66. The number of cyclic esters (lactones) is 1. The Bertz CT molecular complexity index is 966. The maximum absolute atomic E-state index is 12.1. The average Bonchev–Trinajstić information content (AvgIpc) is 3.09. The Kier molecular flexibility index (Phi) is 4.99. The van der Waals surface area contributed by atoms with Crippen LogP contribution in [0.2, 0.25) is 0 Å². The molecule has 1 heterocycles. The largest absolute Gasteiger partial charge is 0.413 e. The van der Waals surface area contributed by atoms with Crippen LogP contribution in [0.1, 0.15) is 22.7 Å². The lowest BCUT2D eigenvalue weighted by molar-refractivity contribution is 0.195. The third-order valence-corrected chi connectivity index (χ3v) is 5.51. The van der Waals surface area contributed by atoms with E-state index in [1.807, 2.05) is 79.7 Å². The molecular formula is C23H19NO2S. The van der Waals surface area contributed by atoms with Gasteiger partial charge in [0.05, 0.1) is 4.91 Å². The van der Waals surface area contributed by atoms with Crippen LogP contribution in [0.15, 0.2) is 95.6 Å². The minimum Gasteiger partial charge on any atom is -0.411 e. The maximum Gasteiger partial charge on any atom is 0.413 e. The summed E-state index contributed by atoms with van der Waals surface area (Å²) in [4.78, 5) is 14.1. The van der Waals surface area contributed by atoms with Crippen molar-refractivity contribution < 1.29 is 9.53 Å². The van der Waals surface area contributed by atoms with Crippen molar-refractivity contribution in [3.63, 3.8) is 0 Å². The van der Waals surface area contributed by atoms with Crippen molar-refractivity contribution >= 4 is 22.8 Å². The number of rotatable bonds is 4. The highest BCUT2D eigenvalue weighted by molar-refractivity contribution is 8.08. The van der Waals surface area contributed by atoms with Crippen LogP contribution in [0.3, 0.4) is 0 Å². The van der Waals surface area contributed by atoms with Gasteiger partial charge in [-0.25, -0.2) is 4.79 Å². The van der Waals surface area contributed by atoms with Gasteiger partial charge in [-0.2, -0.15) is 0 Å². The number of hydrogen-bond donors (Lipinski definition) is 1. The number of nitrogens with one attached hydrogen (secondary N) is 1. The van der Waals surface area contributed by atoms with Gasteiger partial charge >= 0.3 is 6.09 Å². The van der Waals surface area contributed by atoms with E-state index in [4.69, 9.17) is 4.74 Å².